The number of nitrogens with one attached hydrogen (secondary N) is 1. The number of aromatic amines is 1. The summed E-state index contributed by atoms with van der Waals surface area (Å²) >= 11 is 0. The second-order valence-electron chi connectivity index (χ2n) is 3.20. The molecular weight excluding hydrogens is 176 g/mol. The van der Waals surface area contributed by atoms with Crippen LogP contribution in [0.2, 0.25) is 0 Å². The first-order valence-electron chi connectivity index (χ1n) is 4.44. The van der Waals surface area contributed by atoms with Gasteiger partial charge in [0.1, 0.15) is 6.10 Å². The maximum Gasteiger partial charge on any atom is 0.119 e. The van der Waals surface area contributed by atoms with Crippen molar-refractivity contribution in [1.82, 2.24) is 4.98 Å². The zero-order valence-electron chi connectivity index (χ0n) is 7.64. The van der Waals surface area contributed by atoms with Crippen LogP contribution in [0.15, 0.2) is 42.6 Å². The molecular formula is C11H12N2O. The van der Waals surface area contributed by atoms with Gasteiger partial charge in [-0.3, -0.25) is 0 Å². The number of rotatable bonds is 2. The van der Waals surface area contributed by atoms with Crippen LogP contribution in [0.4, 0.5) is 5.69 Å². The predicted octanol–water partition coefficient (Wildman–Crippen LogP) is 1.68. The van der Waals surface area contributed by atoms with Crippen LogP contribution >= 0.6 is 0 Å². The fourth-order valence-electron chi connectivity index (χ4n) is 1.42. The second kappa shape index (κ2) is 3.55. The van der Waals surface area contributed by atoms with Crippen LogP contribution in [0.1, 0.15) is 17.4 Å². The fourth-order valence-corrected chi connectivity index (χ4v) is 1.42. The quantitative estimate of drug-likeness (QED) is 0.628. The van der Waals surface area contributed by atoms with E-state index in [1.54, 1.807) is 18.3 Å². The van der Waals surface area contributed by atoms with Crippen LogP contribution in [-0.4, -0.2) is 10.1 Å². The van der Waals surface area contributed by atoms with Crippen LogP contribution in [0.25, 0.3) is 0 Å². The number of anilines is 1. The van der Waals surface area contributed by atoms with Gasteiger partial charge in [0.05, 0.1) is 0 Å². The Bertz CT molecular complexity index is 409. The highest BCUT2D eigenvalue weighted by atomic mass is 16.3. The van der Waals surface area contributed by atoms with E-state index in [1.165, 1.54) is 0 Å². The van der Waals surface area contributed by atoms with Gasteiger partial charge in [-0.2, -0.15) is 0 Å². The Morgan fingerprint density at radius 1 is 1.21 bits per heavy atom. The molecule has 0 amide bonds. The van der Waals surface area contributed by atoms with Crippen molar-refractivity contribution in [2.24, 2.45) is 0 Å². The highest BCUT2D eigenvalue weighted by Gasteiger charge is 2.10. The summed E-state index contributed by atoms with van der Waals surface area (Å²) in [4.78, 5) is 2.96. The summed E-state index contributed by atoms with van der Waals surface area (Å²) in [7, 11) is 0. The molecule has 0 radical (unpaired) electrons. The smallest absolute Gasteiger partial charge is 0.119 e. The molecule has 0 spiro atoms. The van der Waals surface area contributed by atoms with Gasteiger partial charge in [0.15, 0.2) is 0 Å². The summed E-state index contributed by atoms with van der Waals surface area (Å²) in [5, 5.41) is 9.92. The van der Waals surface area contributed by atoms with Gasteiger partial charge in [-0.15, -0.1) is 0 Å². The molecule has 3 nitrogen and oxygen atoms in total. The van der Waals surface area contributed by atoms with Crippen molar-refractivity contribution < 1.29 is 5.11 Å². The number of nitrogen functional groups attached to an aromatic ring is 1. The van der Waals surface area contributed by atoms with Crippen LogP contribution in [0.5, 0.6) is 0 Å². The number of hydrogen-bond donors (Lipinski definition) is 3. The van der Waals surface area contributed by atoms with Gasteiger partial charge in [0.25, 0.3) is 0 Å². The molecule has 0 saturated heterocycles. The van der Waals surface area contributed by atoms with Crippen molar-refractivity contribution in [3.8, 4) is 0 Å². The minimum Gasteiger partial charge on any atom is -0.399 e. The van der Waals surface area contributed by atoms with Crippen LogP contribution in [-0.2, 0) is 0 Å². The van der Waals surface area contributed by atoms with E-state index >= 15 is 0 Å². The number of hydrogen-bond acceptors (Lipinski definition) is 2. The van der Waals surface area contributed by atoms with E-state index in [-0.39, 0.29) is 0 Å². The minimum atomic E-state index is -0.631. The van der Waals surface area contributed by atoms with Gasteiger partial charge in [-0.25, -0.2) is 0 Å². The molecule has 0 fully saturated rings. The SMILES string of the molecule is Nc1cccc(C(O)c2ccc[nH]2)c1. The highest BCUT2D eigenvalue weighted by molar-refractivity contribution is 5.42. The van der Waals surface area contributed by atoms with Gasteiger partial charge < -0.3 is 15.8 Å². The van der Waals surface area contributed by atoms with Gasteiger partial charge >= 0.3 is 0 Å². The van der Waals surface area contributed by atoms with E-state index in [0.717, 1.165) is 11.3 Å². The summed E-state index contributed by atoms with van der Waals surface area (Å²) in [6.45, 7) is 0. The Kier molecular flexibility index (Phi) is 2.24. The molecule has 2 rings (SSSR count). The summed E-state index contributed by atoms with van der Waals surface area (Å²) in [6, 6.07) is 10.9. The number of H-pyrrole nitrogens is 1. The molecule has 0 aliphatic heterocycles. The highest BCUT2D eigenvalue weighted by Crippen LogP contribution is 2.21. The van der Waals surface area contributed by atoms with Crippen LogP contribution in [0, 0.1) is 0 Å². The molecule has 72 valence electrons. The van der Waals surface area contributed by atoms with Crippen molar-refractivity contribution in [3.05, 3.63) is 53.9 Å². The predicted molar refractivity (Wildman–Crippen MR) is 55.7 cm³/mol. The molecule has 3 heteroatoms. The molecule has 14 heavy (non-hydrogen) atoms. The number of aliphatic hydroxyl groups excluding tert-OH is 1. The average Bonchev–Trinajstić information content (AvgIpc) is 2.69. The molecule has 0 aliphatic rings. The van der Waals surface area contributed by atoms with Gasteiger partial charge in [-0.05, 0) is 29.8 Å². The first-order chi connectivity index (χ1) is 6.77. The summed E-state index contributed by atoms with van der Waals surface area (Å²) in [5.41, 5.74) is 7.86. The largest absolute Gasteiger partial charge is 0.399 e. The summed E-state index contributed by atoms with van der Waals surface area (Å²) in [6.07, 6.45) is 1.15. The van der Waals surface area contributed by atoms with E-state index in [1.807, 2.05) is 24.3 Å². The van der Waals surface area contributed by atoms with Gasteiger partial charge in [0, 0.05) is 17.6 Å². The number of aliphatic hydroxyl groups is 1. The van der Waals surface area contributed by atoms with Crippen molar-refractivity contribution in [2.75, 3.05) is 5.73 Å². The standard InChI is InChI=1S/C11H12N2O/c12-9-4-1-3-8(7-9)11(14)10-5-2-6-13-10/h1-7,11,13-14H,12H2. The van der Waals surface area contributed by atoms with Gasteiger partial charge in [-0.1, -0.05) is 12.1 Å². The fraction of sp³-hybridized carbons (Fsp3) is 0.0909. The van der Waals surface area contributed by atoms with E-state index in [4.69, 9.17) is 5.73 Å². The van der Waals surface area contributed by atoms with Crippen molar-refractivity contribution in [1.29, 1.82) is 0 Å². The first-order valence-corrected chi connectivity index (χ1v) is 4.44. The molecule has 0 bridgehead atoms. The lowest BCUT2D eigenvalue weighted by Crippen LogP contribution is -2.00. The maximum atomic E-state index is 9.92. The van der Waals surface area contributed by atoms with Gasteiger partial charge in [0.2, 0.25) is 0 Å². The molecule has 4 N–H and O–H groups in total. The minimum absolute atomic E-state index is 0.631. The molecule has 0 aliphatic carbocycles. The number of aromatic nitrogens is 1. The van der Waals surface area contributed by atoms with Crippen molar-refractivity contribution in [3.63, 3.8) is 0 Å². The normalized spacial score (nSPS) is 12.6. The number of benzene rings is 1. The molecule has 1 aromatic heterocycles. The lowest BCUT2D eigenvalue weighted by Gasteiger charge is -2.09. The van der Waals surface area contributed by atoms with E-state index in [2.05, 4.69) is 4.98 Å². The Morgan fingerprint density at radius 2 is 2.07 bits per heavy atom. The lowest BCUT2D eigenvalue weighted by atomic mass is 10.1. The lowest BCUT2D eigenvalue weighted by molar-refractivity contribution is 0.216. The molecule has 2 aromatic rings. The Labute approximate surface area is 82.2 Å². The summed E-state index contributed by atoms with van der Waals surface area (Å²) < 4.78 is 0. The van der Waals surface area contributed by atoms with E-state index < -0.39 is 6.10 Å². The van der Waals surface area contributed by atoms with Crippen molar-refractivity contribution in [2.45, 2.75) is 6.10 Å². The molecule has 1 unspecified atom stereocenters. The third kappa shape index (κ3) is 1.63. The third-order valence-corrected chi connectivity index (χ3v) is 2.14. The summed E-state index contributed by atoms with van der Waals surface area (Å²) in [5.74, 6) is 0. The Hall–Kier alpha value is -1.74. The topological polar surface area (TPSA) is 62.0 Å². The average molecular weight is 188 g/mol. The van der Waals surface area contributed by atoms with Crippen LogP contribution < -0.4 is 5.73 Å². The first kappa shape index (κ1) is 8.84. The second-order valence-corrected chi connectivity index (χ2v) is 3.20. The monoisotopic (exact) mass is 188 g/mol. The molecule has 1 atom stereocenters. The molecule has 0 saturated carbocycles. The zero-order chi connectivity index (χ0) is 9.97. The molecule has 1 aromatic carbocycles. The zero-order valence-corrected chi connectivity index (χ0v) is 7.64. The Balaban J connectivity index is 2.32. The van der Waals surface area contributed by atoms with E-state index in [9.17, 15) is 5.11 Å². The van der Waals surface area contributed by atoms with Crippen LogP contribution in [0.3, 0.4) is 0 Å². The number of nitrogens with two attached hydrogens (primary N) is 1. The van der Waals surface area contributed by atoms with E-state index in [0.29, 0.717) is 5.69 Å². The van der Waals surface area contributed by atoms with Crippen molar-refractivity contribution >= 4 is 5.69 Å². The Morgan fingerprint density at radius 3 is 2.71 bits per heavy atom. The maximum absolute atomic E-state index is 9.92. The third-order valence-electron chi connectivity index (χ3n) is 2.14. The molecule has 1 heterocycles.